The number of benzene rings is 1. The quantitative estimate of drug-likeness (QED) is 0.692. The molecule has 0 N–H and O–H groups in total. The van der Waals surface area contributed by atoms with Gasteiger partial charge in [-0.25, -0.2) is 0 Å². The second kappa shape index (κ2) is 3.76. The van der Waals surface area contributed by atoms with Gasteiger partial charge in [-0.15, -0.1) is 0 Å². The number of rotatable bonds is 1. The van der Waals surface area contributed by atoms with E-state index in [9.17, 15) is 0 Å². The minimum atomic E-state index is 0.245. The first-order valence-electron chi connectivity index (χ1n) is 6.61. The van der Waals surface area contributed by atoms with Gasteiger partial charge in [0.2, 0.25) is 0 Å². The predicted octanol–water partition coefficient (Wildman–Crippen LogP) is 4.40. The summed E-state index contributed by atoms with van der Waals surface area (Å²) in [6.45, 7) is 14.1. The highest BCUT2D eigenvalue weighted by molar-refractivity contribution is 5.57. The molecule has 0 unspecified atom stereocenters. The van der Waals surface area contributed by atoms with E-state index in [0.29, 0.717) is 11.5 Å². The summed E-state index contributed by atoms with van der Waals surface area (Å²) in [7, 11) is 0. The highest BCUT2D eigenvalue weighted by atomic mass is 15.3. The van der Waals surface area contributed by atoms with E-state index >= 15 is 0 Å². The van der Waals surface area contributed by atoms with Crippen LogP contribution in [0.15, 0.2) is 24.3 Å². The number of nitrogens with zero attached hydrogens (tertiary/aromatic N) is 1. The molecule has 1 saturated heterocycles. The largest absolute Gasteiger partial charge is 0.363 e. The summed E-state index contributed by atoms with van der Waals surface area (Å²) < 4.78 is 0. The van der Waals surface area contributed by atoms with Crippen LogP contribution < -0.4 is 4.90 Å². The van der Waals surface area contributed by atoms with Crippen molar-refractivity contribution in [1.29, 1.82) is 0 Å². The second-order valence-electron chi connectivity index (χ2n) is 6.81. The third-order valence-electron chi connectivity index (χ3n) is 4.43. The zero-order valence-corrected chi connectivity index (χ0v) is 12.0. The van der Waals surface area contributed by atoms with Crippen molar-refractivity contribution in [2.24, 2.45) is 5.41 Å². The number of para-hydroxylation sites is 1. The first-order chi connectivity index (χ1) is 7.76. The summed E-state index contributed by atoms with van der Waals surface area (Å²) in [5.41, 5.74) is 3.40. The lowest BCUT2D eigenvalue weighted by Crippen LogP contribution is -2.43. The molecule has 1 heterocycles. The first kappa shape index (κ1) is 12.5. The lowest BCUT2D eigenvalue weighted by Gasteiger charge is -2.38. The van der Waals surface area contributed by atoms with Crippen molar-refractivity contribution in [3.63, 3.8) is 0 Å². The summed E-state index contributed by atoms with van der Waals surface area (Å²) in [5, 5.41) is 0. The van der Waals surface area contributed by atoms with Gasteiger partial charge in [-0.1, -0.05) is 32.0 Å². The lowest BCUT2D eigenvalue weighted by atomic mass is 9.82. The van der Waals surface area contributed by atoms with Gasteiger partial charge in [0.05, 0.1) is 0 Å². The van der Waals surface area contributed by atoms with Gasteiger partial charge in [0.1, 0.15) is 0 Å². The monoisotopic (exact) mass is 231 g/mol. The van der Waals surface area contributed by atoms with E-state index in [1.54, 1.807) is 0 Å². The molecule has 0 aliphatic carbocycles. The fourth-order valence-corrected chi connectivity index (χ4v) is 3.59. The Hall–Kier alpha value is -0.980. The smallest absolute Gasteiger partial charge is 0.0402 e. The molecule has 1 nitrogen and oxygen atoms in total. The molecule has 94 valence electrons. The van der Waals surface area contributed by atoms with Gasteiger partial charge >= 0.3 is 0 Å². The average molecular weight is 231 g/mol. The van der Waals surface area contributed by atoms with Crippen LogP contribution in [0.25, 0.3) is 0 Å². The Morgan fingerprint density at radius 3 is 2.18 bits per heavy atom. The highest BCUT2D eigenvalue weighted by Crippen LogP contribution is 2.48. The normalized spacial score (nSPS) is 26.2. The van der Waals surface area contributed by atoms with E-state index in [0.717, 1.165) is 0 Å². The first-order valence-corrected chi connectivity index (χ1v) is 6.61. The molecular formula is C16H25N. The minimum absolute atomic E-state index is 0.245. The van der Waals surface area contributed by atoms with Crippen LogP contribution in [0.4, 0.5) is 5.69 Å². The maximum absolute atomic E-state index is 2.61. The van der Waals surface area contributed by atoms with Crippen molar-refractivity contribution in [3.8, 4) is 0 Å². The van der Waals surface area contributed by atoms with Crippen LogP contribution in [0.3, 0.4) is 0 Å². The van der Waals surface area contributed by atoms with Crippen molar-refractivity contribution in [2.45, 2.75) is 59.5 Å². The van der Waals surface area contributed by atoms with E-state index < -0.39 is 0 Å². The van der Waals surface area contributed by atoms with Crippen molar-refractivity contribution in [3.05, 3.63) is 29.8 Å². The summed E-state index contributed by atoms with van der Waals surface area (Å²) in [5.74, 6) is 0. The van der Waals surface area contributed by atoms with Gasteiger partial charge in [-0.05, 0) is 51.2 Å². The third kappa shape index (κ3) is 1.96. The SMILES string of the molecule is Cc1ccccc1N1[C@@H](C)C(C)(C)CC1(C)C. The van der Waals surface area contributed by atoms with Crippen LogP contribution in [0.2, 0.25) is 0 Å². The van der Waals surface area contributed by atoms with Crippen LogP contribution >= 0.6 is 0 Å². The van der Waals surface area contributed by atoms with E-state index in [1.165, 1.54) is 17.7 Å². The topological polar surface area (TPSA) is 3.24 Å². The molecule has 2 rings (SSSR count). The van der Waals surface area contributed by atoms with E-state index in [4.69, 9.17) is 0 Å². The van der Waals surface area contributed by atoms with E-state index in [1.807, 2.05) is 0 Å². The standard InChI is InChI=1S/C16H25N/c1-12-9-7-8-10-14(12)17-13(2)15(3,4)11-16(17,5)6/h7-10,13H,11H2,1-6H3/t13-/m0/s1. The number of anilines is 1. The Labute approximate surface area is 106 Å². The summed E-state index contributed by atoms with van der Waals surface area (Å²) >= 11 is 0. The second-order valence-corrected chi connectivity index (χ2v) is 6.81. The molecule has 0 bridgehead atoms. The van der Waals surface area contributed by atoms with E-state index in [-0.39, 0.29) is 5.54 Å². The molecule has 1 atom stereocenters. The van der Waals surface area contributed by atoms with Gasteiger partial charge in [0.25, 0.3) is 0 Å². The van der Waals surface area contributed by atoms with Crippen molar-refractivity contribution >= 4 is 5.69 Å². The molecule has 0 spiro atoms. The van der Waals surface area contributed by atoms with Gasteiger partial charge in [-0.2, -0.15) is 0 Å². The Kier molecular flexibility index (Phi) is 2.76. The van der Waals surface area contributed by atoms with E-state index in [2.05, 4.69) is 70.7 Å². The van der Waals surface area contributed by atoms with Gasteiger partial charge < -0.3 is 4.90 Å². The summed E-state index contributed by atoms with van der Waals surface area (Å²) in [4.78, 5) is 2.61. The van der Waals surface area contributed by atoms with Crippen LogP contribution in [0.1, 0.15) is 46.6 Å². The van der Waals surface area contributed by atoms with Crippen molar-refractivity contribution in [2.75, 3.05) is 4.90 Å². The molecule has 1 fully saturated rings. The molecule has 1 aliphatic rings. The molecule has 0 radical (unpaired) electrons. The Bertz CT molecular complexity index is 417. The number of hydrogen-bond acceptors (Lipinski definition) is 1. The fourth-order valence-electron chi connectivity index (χ4n) is 3.59. The Balaban J connectivity index is 2.48. The van der Waals surface area contributed by atoms with Crippen LogP contribution in [0, 0.1) is 12.3 Å². The highest BCUT2D eigenvalue weighted by Gasteiger charge is 2.48. The molecule has 1 aliphatic heterocycles. The van der Waals surface area contributed by atoms with Gasteiger partial charge in [0.15, 0.2) is 0 Å². The molecule has 0 saturated carbocycles. The molecule has 0 amide bonds. The van der Waals surface area contributed by atoms with Crippen molar-refractivity contribution in [1.82, 2.24) is 0 Å². The van der Waals surface area contributed by atoms with Crippen LogP contribution in [0.5, 0.6) is 0 Å². The Morgan fingerprint density at radius 1 is 1.12 bits per heavy atom. The minimum Gasteiger partial charge on any atom is -0.363 e. The Morgan fingerprint density at radius 2 is 1.71 bits per heavy atom. The zero-order chi connectivity index (χ0) is 12.8. The summed E-state index contributed by atoms with van der Waals surface area (Å²) in [6.07, 6.45) is 1.25. The molecule has 1 aromatic carbocycles. The van der Waals surface area contributed by atoms with Crippen LogP contribution in [-0.2, 0) is 0 Å². The maximum atomic E-state index is 2.61. The molecular weight excluding hydrogens is 206 g/mol. The van der Waals surface area contributed by atoms with Crippen molar-refractivity contribution < 1.29 is 0 Å². The number of hydrogen-bond donors (Lipinski definition) is 0. The molecule has 0 aromatic heterocycles. The third-order valence-corrected chi connectivity index (χ3v) is 4.43. The molecule has 1 heteroatoms. The van der Waals surface area contributed by atoms with Crippen LogP contribution in [-0.4, -0.2) is 11.6 Å². The average Bonchev–Trinajstić information content (AvgIpc) is 2.34. The maximum Gasteiger partial charge on any atom is 0.0402 e. The van der Waals surface area contributed by atoms with Gasteiger partial charge in [-0.3, -0.25) is 0 Å². The number of aryl methyl sites for hydroxylation is 1. The lowest BCUT2D eigenvalue weighted by molar-refractivity contribution is 0.329. The molecule has 17 heavy (non-hydrogen) atoms. The molecule has 1 aromatic rings. The fraction of sp³-hybridized carbons (Fsp3) is 0.625. The van der Waals surface area contributed by atoms with Gasteiger partial charge in [0, 0.05) is 17.3 Å². The summed E-state index contributed by atoms with van der Waals surface area (Å²) in [6, 6.07) is 9.32. The predicted molar refractivity (Wildman–Crippen MR) is 75.6 cm³/mol. The zero-order valence-electron chi connectivity index (χ0n) is 12.0.